The van der Waals surface area contributed by atoms with E-state index in [-0.39, 0.29) is 11.8 Å². The van der Waals surface area contributed by atoms with Gasteiger partial charge in [0.25, 0.3) is 0 Å². The largest absolute Gasteiger partial charge is 0.340 e. The Labute approximate surface area is 148 Å². The number of aromatic nitrogens is 1. The summed E-state index contributed by atoms with van der Waals surface area (Å²) in [5, 5.41) is 6.27. The molecule has 0 aliphatic carbocycles. The minimum absolute atomic E-state index is 0.102. The van der Waals surface area contributed by atoms with Crippen LogP contribution in [0.15, 0.2) is 48.7 Å². The number of benzene rings is 1. The second-order valence-corrected chi connectivity index (χ2v) is 6.99. The van der Waals surface area contributed by atoms with Crippen LogP contribution >= 0.6 is 0 Å². The van der Waals surface area contributed by atoms with Gasteiger partial charge in [0.05, 0.1) is 17.8 Å². The van der Waals surface area contributed by atoms with Gasteiger partial charge in [-0.15, -0.1) is 0 Å². The van der Waals surface area contributed by atoms with Crippen molar-refractivity contribution in [3.63, 3.8) is 0 Å². The maximum absolute atomic E-state index is 12.6. The third-order valence-corrected chi connectivity index (χ3v) is 5.21. The molecule has 0 unspecified atom stereocenters. The average molecular weight is 336 g/mol. The number of hydrogen-bond acceptors (Lipinski definition) is 4. The summed E-state index contributed by atoms with van der Waals surface area (Å²) in [6, 6.07) is 14.3. The zero-order chi connectivity index (χ0) is 17.1. The number of nitrogens with zero attached hydrogens (tertiary/aromatic N) is 2. The van der Waals surface area contributed by atoms with Crippen LogP contribution in [0.3, 0.4) is 0 Å². The summed E-state index contributed by atoms with van der Waals surface area (Å²) in [5.74, 6) is 0.993. The fourth-order valence-corrected chi connectivity index (χ4v) is 3.90. The molecule has 4 rings (SSSR count). The Bertz CT molecular complexity index is 702. The van der Waals surface area contributed by atoms with Crippen molar-refractivity contribution in [3.8, 4) is 0 Å². The Balaban J connectivity index is 1.34. The molecule has 2 N–H and O–H groups in total. The van der Waals surface area contributed by atoms with Crippen molar-refractivity contribution in [3.05, 3.63) is 48.7 Å². The standard InChI is InChI=1S/C20H24N4O/c25-20(15-12-18-8-4-5-11-24(18)14-15)23-17-9-10-19(21-13-17)22-16-6-2-1-3-7-16/h1-3,6-7,9-10,13,15,18H,4-5,8,11-12,14H2,(H,21,22)(H,23,25)/t15-,18+/m0/s1. The predicted molar refractivity (Wildman–Crippen MR) is 99.9 cm³/mol. The van der Waals surface area contributed by atoms with Gasteiger partial charge in [-0.3, -0.25) is 9.69 Å². The highest BCUT2D eigenvalue weighted by atomic mass is 16.1. The Hall–Kier alpha value is -2.40. The molecule has 3 heterocycles. The molecule has 130 valence electrons. The molecule has 1 amide bonds. The van der Waals surface area contributed by atoms with Crippen LogP contribution < -0.4 is 10.6 Å². The molecule has 2 fully saturated rings. The highest BCUT2D eigenvalue weighted by Gasteiger charge is 2.36. The molecule has 0 saturated carbocycles. The summed E-state index contributed by atoms with van der Waals surface area (Å²) < 4.78 is 0. The number of hydrogen-bond donors (Lipinski definition) is 2. The summed E-state index contributed by atoms with van der Waals surface area (Å²) in [7, 11) is 0. The van der Waals surface area contributed by atoms with Crippen LogP contribution in [0.2, 0.25) is 0 Å². The van der Waals surface area contributed by atoms with E-state index in [1.807, 2.05) is 42.5 Å². The van der Waals surface area contributed by atoms with Gasteiger partial charge in [-0.2, -0.15) is 0 Å². The van der Waals surface area contributed by atoms with E-state index in [0.29, 0.717) is 6.04 Å². The van der Waals surface area contributed by atoms with Crippen LogP contribution in [-0.4, -0.2) is 34.9 Å². The van der Waals surface area contributed by atoms with Gasteiger partial charge >= 0.3 is 0 Å². The van der Waals surface area contributed by atoms with Gasteiger partial charge in [0.1, 0.15) is 5.82 Å². The first-order valence-corrected chi connectivity index (χ1v) is 9.11. The first-order chi connectivity index (χ1) is 12.3. The number of carbonyl (C=O) groups excluding carboxylic acids is 1. The van der Waals surface area contributed by atoms with E-state index in [4.69, 9.17) is 0 Å². The van der Waals surface area contributed by atoms with E-state index < -0.39 is 0 Å². The minimum Gasteiger partial charge on any atom is -0.340 e. The van der Waals surface area contributed by atoms with Gasteiger partial charge in [-0.1, -0.05) is 24.6 Å². The Morgan fingerprint density at radius 3 is 2.72 bits per heavy atom. The van der Waals surface area contributed by atoms with Gasteiger partial charge in [0.15, 0.2) is 0 Å². The normalized spacial score (nSPS) is 23.0. The summed E-state index contributed by atoms with van der Waals surface area (Å²) in [6.07, 6.45) is 6.52. The minimum atomic E-state index is 0.102. The highest BCUT2D eigenvalue weighted by Crippen LogP contribution is 2.31. The van der Waals surface area contributed by atoms with Crippen LogP contribution in [0, 0.1) is 5.92 Å². The van der Waals surface area contributed by atoms with Crippen molar-refractivity contribution in [2.45, 2.75) is 31.7 Å². The number of carbonyl (C=O) groups is 1. The van der Waals surface area contributed by atoms with Crippen molar-refractivity contribution in [1.29, 1.82) is 0 Å². The van der Waals surface area contributed by atoms with E-state index in [2.05, 4.69) is 20.5 Å². The molecule has 25 heavy (non-hydrogen) atoms. The quantitative estimate of drug-likeness (QED) is 0.895. The molecule has 2 saturated heterocycles. The number of fused-ring (bicyclic) bond motifs is 1. The van der Waals surface area contributed by atoms with E-state index in [9.17, 15) is 4.79 Å². The topological polar surface area (TPSA) is 57.3 Å². The third kappa shape index (κ3) is 3.82. The van der Waals surface area contributed by atoms with Crippen molar-refractivity contribution in [2.24, 2.45) is 5.92 Å². The van der Waals surface area contributed by atoms with Crippen LogP contribution in [-0.2, 0) is 4.79 Å². The van der Waals surface area contributed by atoms with Crippen molar-refractivity contribution >= 4 is 23.1 Å². The summed E-state index contributed by atoms with van der Waals surface area (Å²) in [5.41, 5.74) is 1.75. The number of amides is 1. The zero-order valence-electron chi connectivity index (χ0n) is 14.3. The molecular formula is C20H24N4O. The molecule has 2 aromatic rings. The fourth-order valence-electron chi connectivity index (χ4n) is 3.90. The van der Waals surface area contributed by atoms with Gasteiger partial charge in [0.2, 0.25) is 5.91 Å². The average Bonchev–Trinajstić information content (AvgIpc) is 3.09. The molecule has 1 aromatic heterocycles. The second kappa shape index (κ2) is 7.23. The first kappa shape index (κ1) is 16.1. The lowest BCUT2D eigenvalue weighted by molar-refractivity contribution is -0.119. The lowest BCUT2D eigenvalue weighted by atomic mass is 9.99. The van der Waals surface area contributed by atoms with E-state index in [0.717, 1.165) is 36.7 Å². The van der Waals surface area contributed by atoms with Crippen molar-refractivity contribution in [2.75, 3.05) is 23.7 Å². The number of nitrogens with one attached hydrogen (secondary N) is 2. The number of piperidine rings is 1. The Morgan fingerprint density at radius 1 is 1.08 bits per heavy atom. The smallest absolute Gasteiger partial charge is 0.228 e. The summed E-state index contributed by atoms with van der Waals surface area (Å²) in [6.45, 7) is 2.05. The lowest BCUT2D eigenvalue weighted by Crippen LogP contribution is -2.34. The SMILES string of the molecule is O=C(Nc1ccc(Nc2ccccc2)nc1)[C@H]1C[C@H]2CCCCN2C1. The molecule has 2 aliphatic rings. The molecule has 5 heteroatoms. The van der Waals surface area contributed by atoms with Crippen LogP contribution in [0.1, 0.15) is 25.7 Å². The van der Waals surface area contributed by atoms with Crippen LogP contribution in [0.4, 0.5) is 17.2 Å². The maximum Gasteiger partial charge on any atom is 0.228 e. The number of pyridine rings is 1. The molecule has 2 atom stereocenters. The molecule has 1 aromatic carbocycles. The van der Waals surface area contributed by atoms with Crippen molar-refractivity contribution in [1.82, 2.24) is 9.88 Å². The van der Waals surface area contributed by atoms with Crippen molar-refractivity contribution < 1.29 is 4.79 Å². The van der Waals surface area contributed by atoms with E-state index in [1.54, 1.807) is 6.20 Å². The summed E-state index contributed by atoms with van der Waals surface area (Å²) in [4.78, 5) is 19.4. The van der Waals surface area contributed by atoms with E-state index >= 15 is 0 Å². The van der Waals surface area contributed by atoms with Crippen LogP contribution in [0.25, 0.3) is 0 Å². The second-order valence-electron chi connectivity index (χ2n) is 6.99. The Kier molecular flexibility index (Phi) is 4.65. The van der Waals surface area contributed by atoms with Crippen LogP contribution in [0.5, 0.6) is 0 Å². The molecule has 0 radical (unpaired) electrons. The van der Waals surface area contributed by atoms with E-state index in [1.165, 1.54) is 19.3 Å². The molecule has 2 aliphatic heterocycles. The van der Waals surface area contributed by atoms with Gasteiger partial charge in [-0.05, 0) is 50.1 Å². The Morgan fingerprint density at radius 2 is 1.96 bits per heavy atom. The molecule has 0 bridgehead atoms. The number of anilines is 3. The monoisotopic (exact) mass is 336 g/mol. The maximum atomic E-state index is 12.6. The summed E-state index contributed by atoms with van der Waals surface area (Å²) >= 11 is 0. The highest BCUT2D eigenvalue weighted by molar-refractivity contribution is 5.92. The van der Waals surface area contributed by atoms with Gasteiger partial charge < -0.3 is 10.6 Å². The predicted octanol–water partition coefficient (Wildman–Crippen LogP) is 3.64. The molecule has 5 nitrogen and oxygen atoms in total. The number of para-hydroxylation sites is 1. The molecule has 0 spiro atoms. The zero-order valence-corrected chi connectivity index (χ0v) is 14.3. The third-order valence-electron chi connectivity index (χ3n) is 5.21. The van der Waals surface area contributed by atoms with Gasteiger partial charge in [0, 0.05) is 18.3 Å². The number of rotatable bonds is 4. The molecular weight excluding hydrogens is 312 g/mol. The first-order valence-electron chi connectivity index (χ1n) is 9.11. The van der Waals surface area contributed by atoms with Gasteiger partial charge in [-0.25, -0.2) is 4.98 Å². The fraction of sp³-hybridized carbons (Fsp3) is 0.400. The lowest BCUT2D eigenvalue weighted by Gasteiger charge is -2.28.